The van der Waals surface area contributed by atoms with Crippen molar-refractivity contribution in [1.29, 1.82) is 0 Å². The molecule has 0 spiro atoms. The number of furan rings is 1. The van der Waals surface area contributed by atoms with Crippen molar-refractivity contribution < 1.29 is 23.8 Å². The molecule has 1 aromatic heterocycles. The number of hydrogen-bond donors (Lipinski definition) is 1. The molecule has 0 bridgehead atoms. The molecule has 6 heteroatoms. The van der Waals surface area contributed by atoms with Gasteiger partial charge in [0, 0.05) is 13.1 Å². The van der Waals surface area contributed by atoms with Crippen LogP contribution < -0.4 is 9.47 Å². The Morgan fingerprint density at radius 1 is 1.07 bits per heavy atom. The van der Waals surface area contributed by atoms with Crippen LogP contribution >= 0.6 is 0 Å². The van der Waals surface area contributed by atoms with Gasteiger partial charge in [-0.1, -0.05) is 24.3 Å². The Bertz CT molecular complexity index is 909. The lowest BCUT2D eigenvalue weighted by Crippen LogP contribution is -2.35. The summed E-state index contributed by atoms with van der Waals surface area (Å²) in [5, 5.41) is 10.6. The molecule has 30 heavy (non-hydrogen) atoms. The van der Waals surface area contributed by atoms with Crippen LogP contribution in [-0.2, 0) is 13.1 Å². The zero-order valence-electron chi connectivity index (χ0n) is 17.1. The van der Waals surface area contributed by atoms with Gasteiger partial charge in [0.05, 0.1) is 25.0 Å². The van der Waals surface area contributed by atoms with E-state index < -0.39 is 6.10 Å². The molecule has 1 N–H and O–H groups in total. The van der Waals surface area contributed by atoms with Crippen LogP contribution in [0.15, 0.2) is 71.3 Å². The first-order valence-corrected chi connectivity index (χ1v) is 9.99. The average molecular weight is 409 g/mol. The quantitative estimate of drug-likeness (QED) is 0.457. The third-order valence-corrected chi connectivity index (χ3v) is 4.52. The molecule has 0 aliphatic heterocycles. The average Bonchev–Trinajstić information content (AvgIpc) is 3.26. The van der Waals surface area contributed by atoms with Gasteiger partial charge in [-0.3, -0.25) is 9.69 Å². The summed E-state index contributed by atoms with van der Waals surface area (Å²) in [6.07, 6.45) is 1.64. The van der Waals surface area contributed by atoms with Gasteiger partial charge in [-0.15, -0.1) is 0 Å². The van der Waals surface area contributed by atoms with E-state index in [-0.39, 0.29) is 6.61 Å². The van der Waals surface area contributed by atoms with Gasteiger partial charge in [0.25, 0.3) is 0 Å². The third-order valence-electron chi connectivity index (χ3n) is 4.52. The summed E-state index contributed by atoms with van der Waals surface area (Å²) in [7, 11) is 0. The Morgan fingerprint density at radius 3 is 2.70 bits per heavy atom. The fourth-order valence-electron chi connectivity index (χ4n) is 3.21. The van der Waals surface area contributed by atoms with Crippen LogP contribution in [0.1, 0.15) is 28.6 Å². The molecule has 0 fully saturated rings. The molecule has 1 unspecified atom stereocenters. The molecule has 0 amide bonds. The number of carbonyl (C=O) groups is 1. The SMILES string of the molecule is CCOc1cccc(CN(Cc2ccco2)CC(O)COc2ccccc2C=O)c1. The molecule has 0 aliphatic carbocycles. The van der Waals surface area contributed by atoms with E-state index in [1.807, 2.05) is 43.3 Å². The Morgan fingerprint density at radius 2 is 1.93 bits per heavy atom. The van der Waals surface area contributed by atoms with Crippen molar-refractivity contribution in [3.63, 3.8) is 0 Å². The maximum Gasteiger partial charge on any atom is 0.153 e. The highest BCUT2D eigenvalue weighted by atomic mass is 16.5. The highest BCUT2D eigenvalue weighted by Crippen LogP contribution is 2.18. The molecule has 3 aromatic rings. The minimum atomic E-state index is -0.741. The van der Waals surface area contributed by atoms with Gasteiger partial charge in [0.1, 0.15) is 30.0 Å². The van der Waals surface area contributed by atoms with Crippen molar-refractivity contribution in [2.24, 2.45) is 0 Å². The Hall–Kier alpha value is -3.09. The van der Waals surface area contributed by atoms with Crippen LogP contribution in [0.5, 0.6) is 11.5 Å². The maximum atomic E-state index is 11.1. The van der Waals surface area contributed by atoms with Crippen molar-refractivity contribution >= 4 is 6.29 Å². The molecule has 3 rings (SSSR count). The number of para-hydroxylation sites is 1. The number of ether oxygens (including phenoxy) is 2. The van der Waals surface area contributed by atoms with E-state index in [0.717, 1.165) is 23.4 Å². The second-order valence-electron chi connectivity index (χ2n) is 6.95. The van der Waals surface area contributed by atoms with Crippen LogP contribution in [0.25, 0.3) is 0 Å². The Kier molecular flexibility index (Phi) is 8.06. The van der Waals surface area contributed by atoms with Gasteiger partial charge in [-0.05, 0) is 48.9 Å². The van der Waals surface area contributed by atoms with Crippen LogP contribution in [-0.4, -0.2) is 42.2 Å². The molecule has 0 aliphatic rings. The fourth-order valence-corrected chi connectivity index (χ4v) is 3.21. The molecule has 158 valence electrons. The van der Waals surface area contributed by atoms with Crippen LogP contribution in [0.3, 0.4) is 0 Å². The number of hydrogen-bond acceptors (Lipinski definition) is 6. The van der Waals surface area contributed by atoms with Crippen LogP contribution in [0, 0.1) is 0 Å². The summed E-state index contributed by atoms with van der Waals surface area (Å²) >= 11 is 0. The number of aliphatic hydroxyl groups excluding tert-OH is 1. The zero-order chi connectivity index (χ0) is 21.2. The minimum Gasteiger partial charge on any atom is -0.494 e. The zero-order valence-corrected chi connectivity index (χ0v) is 17.1. The van der Waals surface area contributed by atoms with Crippen molar-refractivity contribution in [3.05, 3.63) is 83.8 Å². The van der Waals surface area contributed by atoms with E-state index in [0.29, 0.717) is 37.6 Å². The van der Waals surface area contributed by atoms with E-state index in [1.165, 1.54) is 0 Å². The second-order valence-corrected chi connectivity index (χ2v) is 6.95. The predicted octanol–water partition coefficient (Wildman–Crippen LogP) is 3.93. The number of carbonyl (C=O) groups excluding carboxylic acids is 1. The second kappa shape index (κ2) is 11.2. The predicted molar refractivity (Wildman–Crippen MR) is 114 cm³/mol. The summed E-state index contributed by atoms with van der Waals surface area (Å²) in [5.74, 6) is 2.10. The molecule has 1 atom stereocenters. The summed E-state index contributed by atoms with van der Waals surface area (Å²) in [4.78, 5) is 13.2. The fraction of sp³-hybridized carbons (Fsp3) is 0.292. The van der Waals surface area contributed by atoms with Crippen molar-refractivity contribution in [2.45, 2.75) is 26.1 Å². The van der Waals surface area contributed by atoms with Gasteiger partial charge in [0.2, 0.25) is 0 Å². The molecule has 2 aromatic carbocycles. The molecule has 0 saturated heterocycles. The van der Waals surface area contributed by atoms with Crippen LogP contribution in [0.4, 0.5) is 0 Å². The standard InChI is InChI=1S/C24H27NO5/c1-2-28-22-9-5-7-19(13-22)14-25(16-23-10-6-12-29-23)15-21(27)18-30-24-11-4-3-8-20(24)17-26/h3-13,17,21,27H,2,14-16,18H2,1H3. The monoisotopic (exact) mass is 409 g/mol. The molecule has 6 nitrogen and oxygen atoms in total. The highest BCUT2D eigenvalue weighted by molar-refractivity contribution is 5.79. The molecule has 0 saturated carbocycles. The van der Waals surface area contributed by atoms with E-state index in [2.05, 4.69) is 4.90 Å². The van der Waals surface area contributed by atoms with Gasteiger partial charge in [0.15, 0.2) is 6.29 Å². The van der Waals surface area contributed by atoms with E-state index in [1.54, 1.807) is 30.5 Å². The van der Waals surface area contributed by atoms with Gasteiger partial charge in [-0.25, -0.2) is 0 Å². The van der Waals surface area contributed by atoms with E-state index in [4.69, 9.17) is 13.9 Å². The molecule has 0 radical (unpaired) electrons. The summed E-state index contributed by atoms with van der Waals surface area (Å²) in [5.41, 5.74) is 1.54. The van der Waals surface area contributed by atoms with Crippen molar-refractivity contribution in [1.82, 2.24) is 4.90 Å². The normalized spacial score (nSPS) is 12.0. The first-order chi connectivity index (χ1) is 14.7. The molecular formula is C24H27NO5. The molecule has 1 heterocycles. The highest BCUT2D eigenvalue weighted by Gasteiger charge is 2.16. The third kappa shape index (κ3) is 6.47. The largest absolute Gasteiger partial charge is 0.494 e. The molecular weight excluding hydrogens is 382 g/mol. The lowest BCUT2D eigenvalue weighted by atomic mass is 10.2. The maximum absolute atomic E-state index is 11.1. The van der Waals surface area contributed by atoms with Crippen LogP contribution in [0.2, 0.25) is 0 Å². The van der Waals surface area contributed by atoms with Crippen molar-refractivity contribution in [2.75, 3.05) is 19.8 Å². The number of rotatable bonds is 12. The Labute approximate surface area is 176 Å². The van der Waals surface area contributed by atoms with Gasteiger partial charge < -0.3 is 19.0 Å². The van der Waals surface area contributed by atoms with Gasteiger partial charge >= 0.3 is 0 Å². The Balaban J connectivity index is 1.64. The van der Waals surface area contributed by atoms with Gasteiger partial charge in [-0.2, -0.15) is 0 Å². The van der Waals surface area contributed by atoms with Crippen molar-refractivity contribution in [3.8, 4) is 11.5 Å². The number of nitrogens with zero attached hydrogens (tertiary/aromatic N) is 1. The number of aliphatic hydroxyl groups is 1. The number of aldehydes is 1. The van der Waals surface area contributed by atoms with E-state index >= 15 is 0 Å². The number of benzene rings is 2. The summed E-state index contributed by atoms with van der Waals surface area (Å²) < 4.78 is 16.8. The summed E-state index contributed by atoms with van der Waals surface area (Å²) in [6.45, 7) is 4.19. The lowest BCUT2D eigenvalue weighted by Gasteiger charge is -2.25. The first kappa shape index (κ1) is 21.6. The summed E-state index contributed by atoms with van der Waals surface area (Å²) in [6, 6.07) is 18.6. The minimum absolute atomic E-state index is 0.0818. The topological polar surface area (TPSA) is 72.1 Å². The van der Waals surface area contributed by atoms with E-state index in [9.17, 15) is 9.90 Å². The first-order valence-electron chi connectivity index (χ1n) is 9.99. The smallest absolute Gasteiger partial charge is 0.153 e. The lowest BCUT2D eigenvalue weighted by molar-refractivity contribution is 0.0600.